The molecule has 0 atom stereocenters. The van der Waals surface area contributed by atoms with E-state index in [0.717, 1.165) is 34.1 Å². The summed E-state index contributed by atoms with van der Waals surface area (Å²) in [5.74, 6) is 0. The lowest BCUT2D eigenvalue weighted by Gasteiger charge is -2.24. The van der Waals surface area contributed by atoms with Gasteiger partial charge >= 0.3 is 0 Å². The summed E-state index contributed by atoms with van der Waals surface area (Å²) in [6.07, 6.45) is 0. The Hall–Kier alpha value is -2.51. The fourth-order valence-corrected chi connectivity index (χ4v) is 6.96. The molecule has 3 aromatic carbocycles. The molecule has 0 amide bonds. The second-order valence-corrected chi connectivity index (χ2v) is 12.9. The molecule has 5 rings (SSSR count). The largest absolute Gasteiger partial charge is 0.383 e. The molecule has 0 aliphatic carbocycles. The number of likely N-dealkylation sites (N-methyl/N-ethyl adjacent to an activating group) is 2. The Kier molecular flexibility index (Phi) is 9.09. The van der Waals surface area contributed by atoms with Gasteiger partial charge in [0.15, 0.2) is 4.90 Å². The molecule has 2 aliphatic heterocycles. The SMILES string of the molecule is CN1CCN(S(=O)(=O)c2ccccc2[N+](=O)[O-])c2ccc(Br)cc2C1.CN1CCNc2ccc(Br)cc2C1. The van der Waals surface area contributed by atoms with Crippen LogP contribution in [0, 0.1) is 10.1 Å². The van der Waals surface area contributed by atoms with E-state index in [1.807, 2.05) is 18.0 Å². The first-order valence-electron chi connectivity index (χ1n) is 12.0. The molecule has 2 aliphatic rings. The second kappa shape index (κ2) is 12.1. The summed E-state index contributed by atoms with van der Waals surface area (Å²) in [4.78, 5) is 14.6. The highest BCUT2D eigenvalue weighted by Gasteiger charge is 2.34. The minimum Gasteiger partial charge on any atom is -0.383 e. The maximum absolute atomic E-state index is 13.2. The third-order valence-corrected chi connectivity index (χ3v) is 9.23. The molecule has 12 heteroatoms. The van der Waals surface area contributed by atoms with Crippen LogP contribution in [0.25, 0.3) is 0 Å². The molecule has 0 fully saturated rings. The zero-order valence-electron chi connectivity index (χ0n) is 21.1. The predicted octanol–water partition coefficient (Wildman–Crippen LogP) is 5.30. The summed E-state index contributed by atoms with van der Waals surface area (Å²) in [5, 5.41) is 14.7. The molecule has 202 valence electrons. The Labute approximate surface area is 239 Å². The predicted molar refractivity (Wildman–Crippen MR) is 157 cm³/mol. The normalized spacial score (nSPS) is 16.2. The van der Waals surface area contributed by atoms with Crippen molar-refractivity contribution in [2.75, 3.05) is 49.9 Å². The lowest BCUT2D eigenvalue weighted by Crippen LogP contribution is -2.35. The first-order valence-corrected chi connectivity index (χ1v) is 15.0. The Morgan fingerprint density at radius 1 is 0.868 bits per heavy atom. The highest BCUT2D eigenvalue weighted by Crippen LogP contribution is 2.34. The molecule has 38 heavy (non-hydrogen) atoms. The maximum atomic E-state index is 13.2. The van der Waals surface area contributed by atoms with Gasteiger partial charge in [0.1, 0.15) is 0 Å². The van der Waals surface area contributed by atoms with Gasteiger partial charge < -0.3 is 15.1 Å². The first kappa shape index (κ1) is 28.5. The number of nitro groups is 1. The molecule has 9 nitrogen and oxygen atoms in total. The number of nitrogens with zero attached hydrogens (tertiary/aromatic N) is 4. The van der Waals surface area contributed by atoms with E-state index < -0.39 is 20.6 Å². The zero-order chi connectivity index (χ0) is 27.4. The smallest absolute Gasteiger partial charge is 0.289 e. The average molecular weight is 667 g/mol. The number of halogens is 2. The molecule has 0 saturated heterocycles. The first-order chi connectivity index (χ1) is 18.1. The van der Waals surface area contributed by atoms with E-state index in [0.29, 0.717) is 18.8 Å². The van der Waals surface area contributed by atoms with Gasteiger partial charge in [0.05, 0.1) is 10.6 Å². The van der Waals surface area contributed by atoms with Crippen molar-refractivity contribution in [1.29, 1.82) is 0 Å². The van der Waals surface area contributed by atoms with Crippen LogP contribution in [0.4, 0.5) is 17.1 Å². The van der Waals surface area contributed by atoms with Gasteiger partial charge in [-0.1, -0.05) is 44.0 Å². The number of sulfonamides is 1. The van der Waals surface area contributed by atoms with Crippen LogP contribution in [0.3, 0.4) is 0 Å². The Morgan fingerprint density at radius 3 is 2.24 bits per heavy atom. The molecule has 0 radical (unpaired) electrons. The molecule has 0 spiro atoms. The number of nitro benzene ring substituents is 1. The molecule has 3 aromatic rings. The zero-order valence-corrected chi connectivity index (χ0v) is 25.1. The maximum Gasteiger partial charge on any atom is 0.289 e. The van der Waals surface area contributed by atoms with E-state index in [9.17, 15) is 18.5 Å². The Bertz CT molecular complexity index is 1440. The molecular weight excluding hydrogens is 638 g/mol. The van der Waals surface area contributed by atoms with E-state index >= 15 is 0 Å². The van der Waals surface area contributed by atoms with Crippen molar-refractivity contribution in [3.8, 4) is 0 Å². The summed E-state index contributed by atoms with van der Waals surface area (Å²) in [5.41, 5.74) is 3.61. The third kappa shape index (κ3) is 6.55. The highest BCUT2D eigenvalue weighted by atomic mass is 79.9. The molecule has 2 heterocycles. The number of rotatable bonds is 3. The standard InChI is InChI=1S/C16H16BrN3O4S.C10H13BrN2/c1-18-8-9-19(14-7-6-13(17)10-12(14)11-18)25(23,24)16-5-3-2-4-15(16)20(21)22;1-13-5-4-12-10-3-2-9(11)6-8(10)7-13/h2-7,10H,8-9,11H2,1H3;2-3,6,12H,4-5,7H2,1H3. The van der Waals surface area contributed by atoms with Crippen LogP contribution in [0.15, 0.2) is 74.5 Å². The van der Waals surface area contributed by atoms with Crippen LogP contribution >= 0.6 is 31.9 Å². The van der Waals surface area contributed by atoms with Gasteiger partial charge in [-0.2, -0.15) is 0 Å². The van der Waals surface area contributed by atoms with Crippen molar-refractivity contribution in [2.45, 2.75) is 18.0 Å². The number of hydrogen-bond donors (Lipinski definition) is 1. The van der Waals surface area contributed by atoms with Crippen molar-refractivity contribution >= 4 is 58.9 Å². The molecule has 1 N–H and O–H groups in total. The minimum absolute atomic E-state index is 0.222. The van der Waals surface area contributed by atoms with Crippen LogP contribution in [-0.2, 0) is 23.1 Å². The summed E-state index contributed by atoms with van der Waals surface area (Å²) >= 11 is 6.90. The van der Waals surface area contributed by atoms with Gasteiger partial charge in [-0.15, -0.1) is 0 Å². The van der Waals surface area contributed by atoms with Crippen molar-refractivity contribution in [3.63, 3.8) is 0 Å². The summed E-state index contributed by atoms with van der Waals surface area (Å²) < 4.78 is 29.7. The van der Waals surface area contributed by atoms with Gasteiger partial charge in [0.2, 0.25) is 0 Å². The lowest BCUT2D eigenvalue weighted by molar-refractivity contribution is -0.387. The fraction of sp³-hybridized carbons (Fsp3) is 0.308. The van der Waals surface area contributed by atoms with Gasteiger partial charge in [-0.25, -0.2) is 8.42 Å². The second-order valence-electron chi connectivity index (χ2n) is 9.28. The van der Waals surface area contributed by atoms with E-state index in [-0.39, 0.29) is 11.4 Å². The Morgan fingerprint density at radius 2 is 1.50 bits per heavy atom. The third-order valence-electron chi connectivity index (χ3n) is 6.38. The molecular formula is C26H29Br2N5O4S. The van der Waals surface area contributed by atoms with Gasteiger partial charge in [-0.05, 0) is 67.7 Å². The van der Waals surface area contributed by atoms with Gasteiger partial charge in [0.25, 0.3) is 15.7 Å². The van der Waals surface area contributed by atoms with Crippen molar-refractivity contribution in [2.24, 2.45) is 0 Å². The quantitative estimate of drug-likeness (QED) is 0.299. The number of benzene rings is 3. The van der Waals surface area contributed by atoms with Crippen LogP contribution < -0.4 is 9.62 Å². The molecule has 0 saturated carbocycles. The highest BCUT2D eigenvalue weighted by molar-refractivity contribution is 9.10. The van der Waals surface area contributed by atoms with E-state index in [2.05, 4.69) is 67.3 Å². The molecule has 0 bridgehead atoms. The van der Waals surface area contributed by atoms with Crippen molar-refractivity contribution < 1.29 is 13.3 Å². The minimum atomic E-state index is -4.06. The summed E-state index contributed by atoms with van der Waals surface area (Å²) in [7, 11) is -0.00204. The number of nitrogens with one attached hydrogen (secondary N) is 1. The van der Waals surface area contributed by atoms with Crippen LogP contribution in [-0.4, -0.2) is 63.4 Å². The van der Waals surface area contributed by atoms with E-state index in [4.69, 9.17) is 0 Å². The number of fused-ring (bicyclic) bond motifs is 2. The monoisotopic (exact) mass is 665 g/mol. The average Bonchev–Trinajstić information content (AvgIpc) is 3.15. The molecule has 0 unspecified atom stereocenters. The number of para-hydroxylation sites is 1. The van der Waals surface area contributed by atoms with Crippen LogP contribution in [0.2, 0.25) is 0 Å². The van der Waals surface area contributed by atoms with Gasteiger partial charge in [0, 0.05) is 60.0 Å². The van der Waals surface area contributed by atoms with Crippen LogP contribution in [0.5, 0.6) is 0 Å². The van der Waals surface area contributed by atoms with Crippen molar-refractivity contribution in [1.82, 2.24) is 9.80 Å². The van der Waals surface area contributed by atoms with Gasteiger partial charge in [-0.3, -0.25) is 14.4 Å². The topological polar surface area (TPSA) is 99.0 Å². The number of anilines is 2. The fourth-order valence-electron chi connectivity index (χ4n) is 4.49. The summed E-state index contributed by atoms with van der Waals surface area (Å²) in [6, 6.07) is 17.2. The summed E-state index contributed by atoms with van der Waals surface area (Å²) in [6.45, 7) is 4.50. The van der Waals surface area contributed by atoms with E-state index in [1.54, 1.807) is 12.1 Å². The van der Waals surface area contributed by atoms with Crippen molar-refractivity contribution in [3.05, 3.63) is 90.9 Å². The lowest BCUT2D eigenvalue weighted by atomic mass is 10.2. The number of hydrogen-bond acceptors (Lipinski definition) is 7. The Balaban J connectivity index is 0.000000216. The van der Waals surface area contributed by atoms with Crippen LogP contribution in [0.1, 0.15) is 11.1 Å². The van der Waals surface area contributed by atoms with E-state index in [1.165, 1.54) is 39.8 Å². The molecule has 0 aromatic heterocycles.